The molecule has 5 heteroatoms. The summed E-state index contributed by atoms with van der Waals surface area (Å²) in [4.78, 5) is 11.2. The van der Waals surface area contributed by atoms with Gasteiger partial charge in [-0.15, -0.1) is 0 Å². The smallest absolute Gasteiger partial charge is 0.319 e. The number of esters is 1. The summed E-state index contributed by atoms with van der Waals surface area (Å²) < 4.78 is 6.48. The quantitative estimate of drug-likeness (QED) is 0.818. The van der Waals surface area contributed by atoms with Crippen LogP contribution in [0.5, 0.6) is 0 Å². The average molecular weight is 341 g/mol. The molecular weight excluding hydrogens is 314 g/mol. The van der Waals surface area contributed by atoms with E-state index in [1.807, 2.05) is 17.9 Å². The predicted molar refractivity (Wildman–Crippen MR) is 98.2 cm³/mol. The van der Waals surface area contributed by atoms with Crippen LogP contribution in [0.2, 0.25) is 0 Å². The zero-order valence-electron chi connectivity index (χ0n) is 15.1. The van der Waals surface area contributed by atoms with E-state index >= 15 is 0 Å². The molecule has 0 spiro atoms. The van der Waals surface area contributed by atoms with Gasteiger partial charge >= 0.3 is 5.97 Å². The second-order valence-electron chi connectivity index (χ2n) is 6.81. The zero-order chi connectivity index (χ0) is 17.6. The van der Waals surface area contributed by atoms with Gasteiger partial charge in [-0.25, -0.2) is 0 Å². The zero-order valence-corrected chi connectivity index (χ0v) is 15.1. The van der Waals surface area contributed by atoms with Gasteiger partial charge in [0, 0.05) is 30.9 Å². The lowest BCUT2D eigenvalue weighted by Gasteiger charge is -2.22. The molecule has 0 unspecified atom stereocenters. The average Bonchev–Trinajstić information content (AvgIpc) is 3.03. The molecule has 0 aliphatic heterocycles. The molecule has 1 fully saturated rings. The first kappa shape index (κ1) is 17.7. The van der Waals surface area contributed by atoms with Gasteiger partial charge in [0.2, 0.25) is 0 Å². The molecule has 1 aliphatic rings. The third-order valence-electron chi connectivity index (χ3n) is 4.98. The molecule has 0 amide bonds. The fourth-order valence-electron chi connectivity index (χ4n) is 3.63. The van der Waals surface area contributed by atoms with Crippen LogP contribution in [-0.2, 0) is 23.1 Å². The first-order chi connectivity index (χ1) is 12.2. The van der Waals surface area contributed by atoms with E-state index in [9.17, 15) is 4.79 Å². The summed E-state index contributed by atoms with van der Waals surface area (Å²) in [5.41, 5.74) is 4.62. The van der Waals surface area contributed by atoms with Gasteiger partial charge in [-0.3, -0.25) is 9.48 Å². The van der Waals surface area contributed by atoms with Crippen LogP contribution in [0.15, 0.2) is 30.5 Å². The van der Waals surface area contributed by atoms with Crippen molar-refractivity contribution in [2.75, 3.05) is 13.7 Å². The van der Waals surface area contributed by atoms with E-state index in [0.29, 0.717) is 12.5 Å². The highest BCUT2D eigenvalue weighted by atomic mass is 16.5. The Bertz CT molecular complexity index is 700. The molecule has 1 saturated carbocycles. The lowest BCUT2D eigenvalue weighted by Crippen LogP contribution is -2.23. The number of rotatable bonds is 6. The number of aryl methyl sites for hydroxylation is 1. The SMILES string of the molecule is COC(=O)CNCc1cn(C)nc1-c1ccc(C2CCCCC2)cc1. The molecule has 1 aromatic carbocycles. The normalized spacial score (nSPS) is 15.3. The van der Waals surface area contributed by atoms with Gasteiger partial charge < -0.3 is 10.1 Å². The summed E-state index contributed by atoms with van der Waals surface area (Å²) in [6.07, 6.45) is 8.70. The summed E-state index contributed by atoms with van der Waals surface area (Å²) in [5.74, 6) is 0.454. The number of ether oxygens (including phenoxy) is 1. The van der Waals surface area contributed by atoms with Crippen LogP contribution in [0.25, 0.3) is 11.3 Å². The number of nitrogens with zero attached hydrogens (tertiary/aromatic N) is 2. The van der Waals surface area contributed by atoms with Crippen molar-refractivity contribution in [1.29, 1.82) is 0 Å². The monoisotopic (exact) mass is 341 g/mol. The van der Waals surface area contributed by atoms with Crippen molar-refractivity contribution in [3.05, 3.63) is 41.6 Å². The van der Waals surface area contributed by atoms with Gasteiger partial charge in [-0.2, -0.15) is 5.10 Å². The van der Waals surface area contributed by atoms with Gasteiger partial charge in [-0.05, 0) is 24.3 Å². The molecule has 3 rings (SSSR count). The van der Waals surface area contributed by atoms with Crippen molar-refractivity contribution >= 4 is 5.97 Å². The molecule has 1 aliphatic carbocycles. The molecule has 1 aromatic heterocycles. The topological polar surface area (TPSA) is 56.1 Å². The third kappa shape index (κ3) is 4.48. The lowest BCUT2D eigenvalue weighted by molar-refractivity contribution is -0.139. The third-order valence-corrected chi connectivity index (χ3v) is 4.98. The Kier molecular flexibility index (Phi) is 5.87. The number of hydrogen-bond acceptors (Lipinski definition) is 4. The molecule has 5 nitrogen and oxygen atoms in total. The van der Waals surface area contributed by atoms with Crippen molar-refractivity contribution in [2.45, 2.75) is 44.6 Å². The molecular formula is C20H27N3O2. The van der Waals surface area contributed by atoms with E-state index in [4.69, 9.17) is 0 Å². The predicted octanol–water partition coefficient (Wildman–Crippen LogP) is 3.40. The minimum atomic E-state index is -0.262. The summed E-state index contributed by atoms with van der Waals surface area (Å²) in [5, 5.41) is 7.71. The Morgan fingerprint density at radius 1 is 1.24 bits per heavy atom. The second kappa shape index (κ2) is 8.30. The van der Waals surface area contributed by atoms with Crippen LogP contribution < -0.4 is 5.32 Å². The summed E-state index contributed by atoms with van der Waals surface area (Å²) in [6.45, 7) is 0.786. The van der Waals surface area contributed by atoms with Crippen LogP contribution >= 0.6 is 0 Å². The number of nitrogens with one attached hydrogen (secondary N) is 1. The first-order valence-electron chi connectivity index (χ1n) is 9.07. The largest absolute Gasteiger partial charge is 0.468 e. The Hall–Kier alpha value is -2.14. The van der Waals surface area contributed by atoms with Crippen molar-refractivity contribution in [3.63, 3.8) is 0 Å². The van der Waals surface area contributed by atoms with Crippen molar-refractivity contribution in [1.82, 2.24) is 15.1 Å². The number of methoxy groups -OCH3 is 1. The maximum Gasteiger partial charge on any atom is 0.319 e. The van der Waals surface area contributed by atoms with Crippen molar-refractivity contribution in [3.8, 4) is 11.3 Å². The van der Waals surface area contributed by atoms with E-state index in [1.54, 1.807) is 0 Å². The standard InChI is InChI=1S/C20H27N3O2/c1-23-14-18(12-21-13-19(24)25-2)20(22-23)17-10-8-16(9-11-17)15-6-4-3-5-7-15/h8-11,14-15,21H,3-7,12-13H2,1-2H3. The van der Waals surface area contributed by atoms with Crippen LogP contribution in [0.1, 0.15) is 49.1 Å². The highest BCUT2D eigenvalue weighted by Crippen LogP contribution is 2.33. The number of hydrogen-bond donors (Lipinski definition) is 1. The van der Waals surface area contributed by atoms with Crippen LogP contribution in [0.4, 0.5) is 0 Å². The summed E-state index contributed by atoms with van der Waals surface area (Å²) >= 11 is 0. The van der Waals surface area contributed by atoms with E-state index in [1.165, 1.54) is 44.8 Å². The highest BCUT2D eigenvalue weighted by molar-refractivity contribution is 5.71. The molecule has 25 heavy (non-hydrogen) atoms. The van der Waals surface area contributed by atoms with E-state index in [0.717, 1.165) is 16.8 Å². The molecule has 1 heterocycles. The Balaban J connectivity index is 1.71. The number of carbonyl (C=O) groups is 1. The lowest BCUT2D eigenvalue weighted by atomic mass is 9.84. The van der Waals surface area contributed by atoms with Crippen molar-refractivity contribution < 1.29 is 9.53 Å². The number of benzene rings is 1. The summed E-state index contributed by atoms with van der Waals surface area (Å²) in [6, 6.07) is 8.86. The van der Waals surface area contributed by atoms with Crippen LogP contribution in [0, 0.1) is 0 Å². The maximum atomic E-state index is 11.2. The number of aromatic nitrogens is 2. The Morgan fingerprint density at radius 3 is 2.64 bits per heavy atom. The van der Waals surface area contributed by atoms with E-state index in [-0.39, 0.29) is 12.5 Å². The molecule has 134 valence electrons. The van der Waals surface area contributed by atoms with Crippen molar-refractivity contribution in [2.24, 2.45) is 7.05 Å². The van der Waals surface area contributed by atoms with Gasteiger partial charge in [0.25, 0.3) is 0 Å². The van der Waals surface area contributed by atoms with Crippen LogP contribution in [-0.4, -0.2) is 29.4 Å². The minimum absolute atomic E-state index is 0.200. The summed E-state index contributed by atoms with van der Waals surface area (Å²) in [7, 11) is 3.32. The molecule has 0 radical (unpaired) electrons. The molecule has 2 aromatic rings. The van der Waals surface area contributed by atoms with Crippen LogP contribution in [0.3, 0.4) is 0 Å². The Labute approximate surface area is 149 Å². The fraction of sp³-hybridized carbons (Fsp3) is 0.500. The second-order valence-corrected chi connectivity index (χ2v) is 6.81. The molecule has 0 atom stereocenters. The maximum absolute atomic E-state index is 11.2. The van der Waals surface area contributed by atoms with E-state index in [2.05, 4.69) is 39.4 Å². The minimum Gasteiger partial charge on any atom is -0.468 e. The molecule has 0 saturated heterocycles. The highest BCUT2D eigenvalue weighted by Gasteiger charge is 2.16. The molecule has 1 N–H and O–H groups in total. The molecule has 0 bridgehead atoms. The first-order valence-corrected chi connectivity index (χ1v) is 9.07. The van der Waals surface area contributed by atoms with Gasteiger partial charge in [-0.1, -0.05) is 43.5 Å². The van der Waals surface area contributed by atoms with Gasteiger partial charge in [0.05, 0.1) is 19.3 Å². The van der Waals surface area contributed by atoms with Gasteiger partial charge in [0.1, 0.15) is 0 Å². The van der Waals surface area contributed by atoms with Gasteiger partial charge in [0.15, 0.2) is 0 Å². The van der Waals surface area contributed by atoms with E-state index < -0.39 is 0 Å². The number of carbonyl (C=O) groups excluding carboxylic acids is 1. The Morgan fingerprint density at radius 2 is 1.96 bits per heavy atom. The fourth-order valence-corrected chi connectivity index (χ4v) is 3.63.